The molecule has 1 fully saturated rings. The number of nitrogens with zero attached hydrogens (tertiary/aromatic N) is 3. The van der Waals surface area contributed by atoms with Gasteiger partial charge in [-0.2, -0.15) is 0 Å². The van der Waals surface area contributed by atoms with E-state index in [0.717, 1.165) is 25.8 Å². The zero-order valence-electron chi connectivity index (χ0n) is 19.3. The van der Waals surface area contributed by atoms with Gasteiger partial charge in [0.1, 0.15) is 6.61 Å². The van der Waals surface area contributed by atoms with E-state index in [1.807, 2.05) is 47.4 Å². The maximum absolute atomic E-state index is 13.4. The molecule has 3 aromatic rings. The number of rotatable bonds is 6. The Kier molecular flexibility index (Phi) is 6.76. The van der Waals surface area contributed by atoms with Crippen LogP contribution in [-0.2, 0) is 11.3 Å². The molecule has 1 amide bonds. The summed E-state index contributed by atoms with van der Waals surface area (Å²) in [5.41, 5.74) is 0.502. The summed E-state index contributed by atoms with van der Waals surface area (Å²) in [6, 6.07) is 15.2. The molecule has 8 heteroatoms. The third kappa shape index (κ3) is 4.64. The standard InChI is InChI=1S/C26H29N3O4S/c1-2-18-9-7-8-14-28(18)24(30)17-34-26-27-21-11-4-3-10-20(21)25(31)29(26)15-19-16-32-22-12-5-6-13-23(22)33-19/h3-6,10-13,18-19H,2,7-9,14-17H2,1H3. The van der Waals surface area contributed by atoms with Crippen LogP contribution in [0, 0.1) is 0 Å². The first kappa shape index (κ1) is 22.8. The van der Waals surface area contributed by atoms with Crippen molar-refractivity contribution in [1.82, 2.24) is 14.5 Å². The van der Waals surface area contributed by atoms with Gasteiger partial charge >= 0.3 is 0 Å². The van der Waals surface area contributed by atoms with E-state index in [2.05, 4.69) is 6.92 Å². The molecule has 0 bridgehead atoms. The molecule has 0 aliphatic carbocycles. The number of para-hydroxylation sites is 3. The molecule has 5 rings (SSSR count). The Morgan fingerprint density at radius 2 is 1.91 bits per heavy atom. The van der Waals surface area contributed by atoms with Gasteiger partial charge in [0.15, 0.2) is 22.8 Å². The summed E-state index contributed by atoms with van der Waals surface area (Å²) >= 11 is 1.33. The number of carbonyl (C=O) groups is 1. The average molecular weight is 480 g/mol. The SMILES string of the molecule is CCC1CCCCN1C(=O)CSc1nc2ccccc2c(=O)n1CC1COc2ccccc2O1. The number of amides is 1. The minimum absolute atomic E-state index is 0.108. The molecule has 0 spiro atoms. The van der Waals surface area contributed by atoms with Gasteiger partial charge in [-0.1, -0.05) is 43.0 Å². The number of hydrogen-bond acceptors (Lipinski definition) is 6. The first-order valence-electron chi connectivity index (χ1n) is 11.9. The Morgan fingerprint density at radius 1 is 1.12 bits per heavy atom. The number of ether oxygens (including phenoxy) is 2. The molecular formula is C26H29N3O4S. The highest BCUT2D eigenvalue weighted by Gasteiger charge is 2.27. The first-order chi connectivity index (χ1) is 16.6. The lowest BCUT2D eigenvalue weighted by atomic mass is 10.0. The molecule has 34 heavy (non-hydrogen) atoms. The molecule has 178 valence electrons. The second kappa shape index (κ2) is 10.1. The molecule has 2 atom stereocenters. The highest BCUT2D eigenvalue weighted by atomic mass is 32.2. The highest BCUT2D eigenvalue weighted by Crippen LogP contribution is 2.31. The lowest BCUT2D eigenvalue weighted by Crippen LogP contribution is -2.44. The molecule has 2 aromatic carbocycles. The Hall–Kier alpha value is -3.00. The Labute approximate surface area is 203 Å². The molecule has 0 N–H and O–H groups in total. The van der Waals surface area contributed by atoms with E-state index in [4.69, 9.17) is 14.5 Å². The Bertz CT molecular complexity index is 1240. The quantitative estimate of drug-likeness (QED) is 0.391. The molecule has 2 aliphatic rings. The molecule has 0 saturated carbocycles. The van der Waals surface area contributed by atoms with Crippen LogP contribution in [0.3, 0.4) is 0 Å². The van der Waals surface area contributed by atoms with E-state index in [1.165, 1.54) is 18.2 Å². The van der Waals surface area contributed by atoms with Crippen molar-refractivity contribution >= 4 is 28.6 Å². The topological polar surface area (TPSA) is 73.7 Å². The van der Waals surface area contributed by atoms with Crippen LogP contribution in [0.1, 0.15) is 32.6 Å². The zero-order chi connectivity index (χ0) is 23.5. The number of hydrogen-bond donors (Lipinski definition) is 0. The van der Waals surface area contributed by atoms with Crippen molar-refractivity contribution in [2.24, 2.45) is 0 Å². The lowest BCUT2D eigenvalue weighted by Gasteiger charge is -2.35. The van der Waals surface area contributed by atoms with Crippen molar-refractivity contribution in [3.8, 4) is 11.5 Å². The fraction of sp³-hybridized carbons (Fsp3) is 0.423. The van der Waals surface area contributed by atoms with Crippen LogP contribution < -0.4 is 15.0 Å². The van der Waals surface area contributed by atoms with Crippen molar-refractivity contribution in [1.29, 1.82) is 0 Å². The van der Waals surface area contributed by atoms with Crippen molar-refractivity contribution in [2.45, 2.75) is 56.5 Å². The molecule has 3 heterocycles. The number of aromatic nitrogens is 2. The van der Waals surface area contributed by atoms with E-state index < -0.39 is 0 Å². The van der Waals surface area contributed by atoms with Gasteiger partial charge < -0.3 is 14.4 Å². The van der Waals surface area contributed by atoms with Gasteiger partial charge in [-0.25, -0.2) is 4.98 Å². The van der Waals surface area contributed by atoms with E-state index in [0.29, 0.717) is 46.8 Å². The predicted octanol–water partition coefficient (Wildman–Crippen LogP) is 4.12. The van der Waals surface area contributed by atoms with Gasteiger partial charge in [-0.15, -0.1) is 0 Å². The van der Waals surface area contributed by atoms with Gasteiger partial charge in [0, 0.05) is 12.6 Å². The van der Waals surface area contributed by atoms with E-state index >= 15 is 0 Å². The maximum atomic E-state index is 13.4. The maximum Gasteiger partial charge on any atom is 0.262 e. The van der Waals surface area contributed by atoms with E-state index in [-0.39, 0.29) is 23.3 Å². The van der Waals surface area contributed by atoms with Crippen LogP contribution in [0.15, 0.2) is 58.5 Å². The predicted molar refractivity (Wildman–Crippen MR) is 133 cm³/mol. The smallest absolute Gasteiger partial charge is 0.262 e. The normalized spacial score (nSPS) is 19.9. The van der Waals surface area contributed by atoms with Crippen LogP contribution in [0.25, 0.3) is 10.9 Å². The summed E-state index contributed by atoms with van der Waals surface area (Å²) in [5, 5.41) is 1.09. The number of piperidine rings is 1. The van der Waals surface area contributed by atoms with Crippen LogP contribution in [0.4, 0.5) is 0 Å². The zero-order valence-corrected chi connectivity index (χ0v) is 20.1. The third-order valence-corrected chi connectivity index (χ3v) is 7.48. The Balaban J connectivity index is 1.40. The molecule has 2 aliphatic heterocycles. The van der Waals surface area contributed by atoms with Gasteiger partial charge in [0.05, 0.1) is 23.2 Å². The molecule has 2 unspecified atom stereocenters. The van der Waals surface area contributed by atoms with E-state index in [9.17, 15) is 9.59 Å². The first-order valence-corrected chi connectivity index (χ1v) is 12.9. The van der Waals surface area contributed by atoms with Crippen LogP contribution in [0.5, 0.6) is 11.5 Å². The summed E-state index contributed by atoms with van der Waals surface area (Å²) in [6.07, 6.45) is 3.92. The van der Waals surface area contributed by atoms with Crippen LogP contribution in [0.2, 0.25) is 0 Å². The Morgan fingerprint density at radius 3 is 2.76 bits per heavy atom. The second-order valence-corrected chi connectivity index (χ2v) is 9.70. The van der Waals surface area contributed by atoms with Gasteiger partial charge in [-0.3, -0.25) is 14.2 Å². The highest BCUT2D eigenvalue weighted by molar-refractivity contribution is 7.99. The third-order valence-electron chi connectivity index (χ3n) is 6.52. The summed E-state index contributed by atoms with van der Waals surface area (Å²) < 4.78 is 13.6. The largest absolute Gasteiger partial charge is 0.486 e. The van der Waals surface area contributed by atoms with Crippen molar-refractivity contribution < 1.29 is 14.3 Å². The van der Waals surface area contributed by atoms with Crippen molar-refractivity contribution in [2.75, 3.05) is 18.9 Å². The average Bonchev–Trinajstić information content (AvgIpc) is 2.89. The molecule has 1 aromatic heterocycles. The van der Waals surface area contributed by atoms with Gasteiger partial charge in [0.2, 0.25) is 5.91 Å². The summed E-state index contributed by atoms with van der Waals surface area (Å²) in [5.74, 6) is 1.74. The molecule has 0 radical (unpaired) electrons. The monoisotopic (exact) mass is 479 g/mol. The molecule has 1 saturated heterocycles. The summed E-state index contributed by atoms with van der Waals surface area (Å²) in [4.78, 5) is 33.3. The van der Waals surface area contributed by atoms with Crippen LogP contribution >= 0.6 is 11.8 Å². The number of fused-ring (bicyclic) bond motifs is 2. The number of likely N-dealkylation sites (tertiary alicyclic amines) is 1. The summed E-state index contributed by atoms with van der Waals surface area (Å²) in [6.45, 7) is 3.58. The summed E-state index contributed by atoms with van der Waals surface area (Å²) in [7, 11) is 0. The van der Waals surface area contributed by atoms with Crippen molar-refractivity contribution in [3.05, 3.63) is 58.9 Å². The molecular weight excluding hydrogens is 450 g/mol. The lowest BCUT2D eigenvalue weighted by molar-refractivity contribution is -0.132. The fourth-order valence-electron chi connectivity index (χ4n) is 4.74. The van der Waals surface area contributed by atoms with Gasteiger partial charge in [-0.05, 0) is 49.9 Å². The number of benzene rings is 2. The number of carbonyl (C=O) groups excluding carboxylic acids is 1. The van der Waals surface area contributed by atoms with Gasteiger partial charge in [0.25, 0.3) is 5.56 Å². The van der Waals surface area contributed by atoms with Crippen LogP contribution in [-0.4, -0.2) is 51.4 Å². The fourth-order valence-corrected chi connectivity index (χ4v) is 5.63. The minimum atomic E-state index is -0.336. The molecule has 7 nitrogen and oxygen atoms in total. The van der Waals surface area contributed by atoms with Crippen molar-refractivity contribution in [3.63, 3.8) is 0 Å². The number of thioether (sulfide) groups is 1. The minimum Gasteiger partial charge on any atom is -0.486 e. The second-order valence-electron chi connectivity index (χ2n) is 8.76. The van der Waals surface area contributed by atoms with E-state index in [1.54, 1.807) is 10.6 Å².